The quantitative estimate of drug-likeness (QED) is 0.683. The van der Waals surface area contributed by atoms with E-state index in [1.54, 1.807) is 18.1 Å². The molecule has 4 nitrogen and oxygen atoms in total. The van der Waals surface area contributed by atoms with Crippen molar-refractivity contribution >= 4 is 11.8 Å². The van der Waals surface area contributed by atoms with Gasteiger partial charge in [-0.15, -0.1) is 10.2 Å². The third-order valence-electron chi connectivity index (χ3n) is 2.09. The van der Waals surface area contributed by atoms with Crippen molar-refractivity contribution in [2.24, 2.45) is 7.05 Å². The van der Waals surface area contributed by atoms with Gasteiger partial charge < -0.3 is 9.30 Å². The molecule has 1 unspecified atom stereocenters. The van der Waals surface area contributed by atoms with Gasteiger partial charge in [0.25, 0.3) is 0 Å². The number of hydrogen-bond donors (Lipinski definition) is 0. The van der Waals surface area contributed by atoms with E-state index in [9.17, 15) is 0 Å². The van der Waals surface area contributed by atoms with Crippen molar-refractivity contribution in [1.29, 1.82) is 0 Å². The molecule has 0 aromatic carbocycles. The number of hydrogen-bond acceptors (Lipinski definition) is 4. The monoisotopic (exact) mass is 199 g/mol. The number of thioether (sulfide) groups is 1. The lowest BCUT2D eigenvalue weighted by Crippen LogP contribution is -2.08. The van der Waals surface area contributed by atoms with Crippen molar-refractivity contribution in [3.8, 4) is 0 Å². The zero-order valence-corrected chi connectivity index (χ0v) is 8.46. The normalized spacial score (nSPS) is 22.4. The van der Waals surface area contributed by atoms with Gasteiger partial charge in [-0.05, 0) is 12.8 Å². The smallest absolute Gasteiger partial charge is 0.190 e. The van der Waals surface area contributed by atoms with E-state index < -0.39 is 0 Å². The molecule has 0 saturated carbocycles. The van der Waals surface area contributed by atoms with Crippen LogP contribution in [0, 0.1) is 0 Å². The van der Waals surface area contributed by atoms with Gasteiger partial charge in [0.05, 0.1) is 6.10 Å². The molecule has 1 aromatic heterocycles. The minimum atomic E-state index is 0.418. The standard InChI is InChI=1S/C8H13N3OS/c1-11-6-9-10-8(11)13-5-7-3-2-4-12-7/h6-7H,2-5H2,1H3. The molecular formula is C8H13N3OS. The molecule has 1 saturated heterocycles. The van der Waals surface area contributed by atoms with E-state index in [-0.39, 0.29) is 0 Å². The van der Waals surface area contributed by atoms with Gasteiger partial charge in [-0.25, -0.2) is 0 Å². The largest absolute Gasteiger partial charge is 0.377 e. The lowest BCUT2D eigenvalue weighted by atomic mass is 10.3. The summed E-state index contributed by atoms with van der Waals surface area (Å²) < 4.78 is 7.44. The molecule has 1 aliphatic rings. The van der Waals surface area contributed by atoms with Gasteiger partial charge >= 0.3 is 0 Å². The highest BCUT2D eigenvalue weighted by atomic mass is 32.2. The molecule has 5 heteroatoms. The van der Waals surface area contributed by atoms with E-state index in [0.717, 1.165) is 17.5 Å². The van der Waals surface area contributed by atoms with Crippen LogP contribution in [-0.2, 0) is 11.8 Å². The average molecular weight is 199 g/mol. The summed E-state index contributed by atoms with van der Waals surface area (Å²) in [5.74, 6) is 0.993. The molecule has 0 spiro atoms. The van der Waals surface area contributed by atoms with Crippen LogP contribution < -0.4 is 0 Å². The van der Waals surface area contributed by atoms with Gasteiger partial charge in [-0.1, -0.05) is 11.8 Å². The Morgan fingerprint density at radius 3 is 3.31 bits per heavy atom. The number of nitrogens with zero attached hydrogens (tertiary/aromatic N) is 3. The van der Waals surface area contributed by atoms with Crippen LogP contribution in [-0.4, -0.2) is 33.2 Å². The fourth-order valence-corrected chi connectivity index (χ4v) is 2.30. The minimum absolute atomic E-state index is 0.418. The molecule has 1 aromatic rings. The zero-order valence-electron chi connectivity index (χ0n) is 7.64. The fraction of sp³-hybridized carbons (Fsp3) is 0.750. The second-order valence-corrected chi connectivity index (χ2v) is 4.16. The molecule has 1 aliphatic heterocycles. The molecule has 2 rings (SSSR count). The van der Waals surface area contributed by atoms with E-state index in [0.29, 0.717) is 6.10 Å². The van der Waals surface area contributed by atoms with Crippen LogP contribution in [0.4, 0.5) is 0 Å². The predicted molar refractivity (Wildman–Crippen MR) is 50.7 cm³/mol. The summed E-state index contributed by atoms with van der Waals surface area (Å²) in [4.78, 5) is 0. The maximum absolute atomic E-state index is 5.51. The Bertz CT molecular complexity index is 270. The number of aryl methyl sites for hydroxylation is 1. The Hall–Kier alpha value is -0.550. The van der Waals surface area contributed by atoms with Crippen LogP contribution in [0.3, 0.4) is 0 Å². The Balaban J connectivity index is 1.82. The second kappa shape index (κ2) is 4.11. The molecule has 1 fully saturated rings. The fourth-order valence-electron chi connectivity index (χ4n) is 1.35. The Morgan fingerprint density at radius 2 is 2.69 bits per heavy atom. The van der Waals surface area contributed by atoms with Crippen LogP contribution in [0.5, 0.6) is 0 Å². The molecule has 0 aliphatic carbocycles. The zero-order chi connectivity index (χ0) is 9.10. The summed E-state index contributed by atoms with van der Waals surface area (Å²) in [5, 5.41) is 8.78. The highest BCUT2D eigenvalue weighted by molar-refractivity contribution is 7.99. The van der Waals surface area contributed by atoms with Crippen molar-refractivity contribution in [2.75, 3.05) is 12.4 Å². The maximum atomic E-state index is 5.51. The first kappa shape index (κ1) is 9.02. The topological polar surface area (TPSA) is 39.9 Å². The molecule has 0 bridgehead atoms. The van der Waals surface area contributed by atoms with E-state index in [1.807, 2.05) is 11.6 Å². The van der Waals surface area contributed by atoms with Gasteiger partial charge in [0, 0.05) is 19.4 Å². The molecule has 1 atom stereocenters. The summed E-state index contributed by atoms with van der Waals surface area (Å²) in [6, 6.07) is 0. The maximum Gasteiger partial charge on any atom is 0.190 e. The Morgan fingerprint density at radius 1 is 1.77 bits per heavy atom. The van der Waals surface area contributed by atoms with Crippen molar-refractivity contribution in [2.45, 2.75) is 24.1 Å². The molecule has 13 heavy (non-hydrogen) atoms. The molecule has 0 amide bonds. The van der Waals surface area contributed by atoms with Crippen LogP contribution in [0.1, 0.15) is 12.8 Å². The summed E-state index contributed by atoms with van der Waals surface area (Å²) in [7, 11) is 1.96. The second-order valence-electron chi connectivity index (χ2n) is 3.17. The molecule has 0 N–H and O–H groups in total. The first-order chi connectivity index (χ1) is 6.36. The first-order valence-electron chi connectivity index (χ1n) is 4.44. The molecule has 72 valence electrons. The van der Waals surface area contributed by atoms with E-state index >= 15 is 0 Å². The summed E-state index contributed by atoms with van der Waals surface area (Å²) in [5.41, 5.74) is 0. The van der Waals surface area contributed by atoms with E-state index in [1.165, 1.54) is 12.8 Å². The highest BCUT2D eigenvalue weighted by Crippen LogP contribution is 2.21. The third-order valence-corrected chi connectivity index (χ3v) is 3.26. The van der Waals surface area contributed by atoms with Gasteiger partial charge in [0.1, 0.15) is 6.33 Å². The SMILES string of the molecule is Cn1cnnc1SCC1CCCO1. The lowest BCUT2D eigenvalue weighted by Gasteiger charge is -2.07. The van der Waals surface area contributed by atoms with Crippen molar-refractivity contribution in [1.82, 2.24) is 14.8 Å². The van der Waals surface area contributed by atoms with Crippen LogP contribution in [0.25, 0.3) is 0 Å². The summed E-state index contributed by atoms with van der Waals surface area (Å²) >= 11 is 1.72. The van der Waals surface area contributed by atoms with Crippen molar-refractivity contribution < 1.29 is 4.74 Å². The summed E-state index contributed by atoms with van der Waals surface area (Å²) in [6.07, 6.45) is 4.52. The Kier molecular flexibility index (Phi) is 2.85. The van der Waals surface area contributed by atoms with Crippen LogP contribution in [0.2, 0.25) is 0 Å². The van der Waals surface area contributed by atoms with Crippen molar-refractivity contribution in [3.63, 3.8) is 0 Å². The predicted octanol–water partition coefficient (Wildman–Crippen LogP) is 1.09. The lowest BCUT2D eigenvalue weighted by molar-refractivity contribution is 0.129. The van der Waals surface area contributed by atoms with E-state index in [4.69, 9.17) is 4.74 Å². The Labute approximate surface area is 81.7 Å². The van der Waals surface area contributed by atoms with Crippen LogP contribution in [0.15, 0.2) is 11.5 Å². The van der Waals surface area contributed by atoms with Gasteiger partial charge in [-0.3, -0.25) is 0 Å². The van der Waals surface area contributed by atoms with Crippen molar-refractivity contribution in [3.05, 3.63) is 6.33 Å². The highest BCUT2D eigenvalue weighted by Gasteiger charge is 2.16. The minimum Gasteiger partial charge on any atom is -0.377 e. The number of aromatic nitrogens is 3. The molecule has 2 heterocycles. The molecule has 0 radical (unpaired) electrons. The average Bonchev–Trinajstić information content (AvgIpc) is 2.72. The first-order valence-corrected chi connectivity index (χ1v) is 5.43. The number of rotatable bonds is 3. The molecular weight excluding hydrogens is 186 g/mol. The third kappa shape index (κ3) is 2.22. The van der Waals surface area contributed by atoms with Crippen LogP contribution >= 0.6 is 11.8 Å². The van der Waals surface area contributed by atoms with Gasteiger partial charge in [0.15, 0.2) is 5.16 Å². The van der Waals surface area contributed by atoms with E-state index in [2.05, 4.69) is 10.2 Å². The summed E-state index contributed by atoms with van der Waals surface area (Å²) in [6.45, 7) is 0.921. The van der Waals surface area contributed by atoms with Gasteiger partial charge in [-0.2, -0.15) is 0 Å². The number of ether oxygens (including phenoxy) is 1. The van der Waals surface area contributed by atoms with Gasteiger partial charge in [0.2, 0.25) is 0 Å².